The van der Waals surface area contributed by atoms with Gasteiger partial charge in [0.2, 0.25) is 6.79 Å². The van der Waals surface area contributed by atoms with Crippen LogP contribution in [0, 0.1) is 0 Å². The molecule has 0 radical (unpaired) electrons. The van der Waals surface area contributed by atoms with E-state index < -0.39 is 0 Å². The van der Waals surface area contributed by atoms with Crippen molar-refractivity contribution < 1.29 is 48.2 Å². The highest BCUT2D eigenvalue weighted by Crippen LogP contribution is 2.55. The third-order valence-electron chi connectivity index (χ3n) is 5.64. The van der Waals surface area contributed by atoms with Crippen LogP contribution in [0.4, 0.5) is 0 Å². The predicted molar refractivity (Wildman–Crippen MR) is 88.1 cm³/mol. The van der Waals surface area contributed by atoms with E-state index in [4.69, 9.17) is 14.2 Å². The highest BCUT2D eigenvalue weighted by molar-refractivity contribution is 5.88. The van der Waals surface area contributed by atoms with Crippen LogP contribution >= 0.6 is 0 Å². The predicted octanol–water partition coefficient (Wildman–Crippen LogP) is -1.53. The fourth-order valence-corrected chi connectivity index (χ4v) is 4.44. The quantitative estimate of drug-likeness (QED) is 0.515. The number of benzene rings is 2. The Morgan fingerprint density at radius 3 is 2.84 bits per heavy atom. The van der Waals surface area contributed by atoms with Gasteiger partial charge in [0.05, 0.1) is 20.7 Å². The zero-order chi connectivity index (χ0) is 16.4. The van der Waals surface area contributed by atoms with Crippen molar-refractivity contribution in [3.63, 3.8) is 0 Å². The molecule has 2 aliphatic heterocycles. The molecular formula is C19H20INO4. The summed E-state index contributed by atoms with van der Waals surface area (Å²) in [6.07, 6.45) is 1.93. The van der Waals surface area contributed by atoms with Crippen LogP contribution in [0.5, 0.6) is 23.0 Å². The number of aromatic hydroxyl groups is 1. The molecule has 2 aromatic rings. The van der Waals surface area contributed by atoms with Gasteiger partial charge >= 0.3 is 0 Å². The first-order chi connectivity index (χ1) is 11.7. The van der Waals surface area contributed by atoms with Crippen molar-refractivity contribution in [1.82, 2.24) is 0 Å². The lowest BCUT2D eigenvalue weighted by molar-refractivity contribution is -0.914. The highest BCUT2D eigenvalue weighted by Gasteiger charge is 2.41. The van der Waals surface area contributed by atoms with Crippen molar-refractivity contribution >= 4 is 0 Å². The lowest BCUT2D eigenvalue weighted by Gasteiger charge is -2.37. The fourth-order valence-electron chi connectivity index (χ4n) is 4.44. The van der Waals surface area contributed by atoms with Crippen LogP contribution in [0.2, 0.25) is 0 Å². The van der Waals surface area contributed by atoms with E-state index in [1.54, 1.807) is 7.11 Å². The third kappa shape index (κ3) is 2.23. The van der Waals surface area contributed by atoms with Gasteiger partial charge in [0.15, 0.2) is 23.0 Å². The van der Waals surface area contributed by atoms with Gasteiger partial charge in [-0.25, -0.2) is 0 Å². The smallest absolute Gasteiger partial charge is 0.231 e. The molecule has 132 valence electrons. The first-order valence-corrected chi connectivity index (χ1v) is 8.36. The van der Waals surface area contributed by atoms with E-state index in [0.717, 1.165) is 47.6 Å². The number of hydrogen-bond acceptors (Lipinski definition) is 4. The zero-order valence-electron chi connectivity index (χ0n) is 14.2. The molecule has 2 N–H and O–H groups in total. The maximum atomic E-state index is 10.8. The number of methoxy groups -OCH3 is 1. The normalized spacial score (nSPS) is 21.8. The summed E-state index contributed by atoms with van der Waals surface area (Å²) in [6.45, 7) is 1.34. The van der Waals surface area contributed by atoms with E-state index in [0.29, 0.717) is 11.8 Å². The van der Waals surface area contributed by atoms with Crippen LogP contribution in [-0.4, -0.2) is 32.6 Å². The molecule has 2 aromatic carbocycles. The van der Waals surface area contributed by atoms with Crippen molar-refractivity contribution in [2.45, 2.75) is 18.9 Å². The Hall–Kier alpha value is -1.67. The summed E-state index contributed by atoms with van der Waals surface area (Å²) in [5.74, 6) is 2.24. The number of fused-ring (bicyclic) bond motifs is 4. The lowest BCUT2D eigenvalue weighted by atomic mass is 9.76. The molecule has 0 spiro atoms. The summed E-state index contributed by atoms with van der Waals surface area (Å²) in [7, 11) is 3.83. The zero-order valence-corrected chi connectivity index (χ0v) is 16.3. The van der Waals surface area contributed by atoms with Gasteiger partial charge in [0, 0.05) is 29.5 Å². The number of quaternary nitrogens is 1. The summed E-state index contributed by atoms with van der Waals surface area (Å²) in [6, 6.07) is 6.42. The summed E-state index contributed by atoms with van der Waals surface area (Å²) in [5.41, 5.74) is 5.61. The van der Waals surface area contributed by atoms with E-state index in [1.165, 1.54) is 16.0 Å². The Kier molecular flexibility index (Phi) is 3.99. The van der Waals surface area contributed by atoms with Gasteiger partial charge in [-0.05, 0) is 23.3 Å². The first-order valence-electron chi connectivity index (χ1n) is 8.36. The average Bonchev–Trinajstić information content (AvgIpc) is 3.06. The number of likely N-dealkylation sites (N-methyl/N-ethyl adjacent to an activating group) is 1. The molecule has 0 saturated heterocycles. The van der Waals surface area contributed by atoms with Gasteiger partial charge in [-0.2, -0.15) is 0 Å². The highest BCUT2D eigenvalue weighted by atomic mass is 127. The largest absolute Gasteiger partial charge is 1.00 e. The molecule has 5 rings (SSSR count). The molecule has 2 heterocycles. The summed E-state index contributed by atoms with van der Waals surface area (Å²) in [4.78, 5) is 1.50. The van der Waals surface area contributed by atoms with Gasteiger partial charge in [0.1, 0.15) is 6.04 Å². The number of hydrogen-bond donors (Lipinski definition) is 2. The van der Waals surface area contributed by atoms with E-state index >= 15 is 0 Å². The van der Waals surface area contributed by atoms with Gasteiger partial charge in [-0.3, -0.25) is 0 Å². The molecule has 0 saturated carbocycles. The number of ether oxygens (including phenoxy) is 3. The fraction of sp³-hybridized carbons (Fsp3) is 0.368. The monoisotopic (exact) mass is 453 g/mol. The maximum absolute atomic E-state index is 10.8. The van der Waals surface area contributed by atoms with Crippen molar-refractivity contribution in [2.75, 3.05) is 27.5 Å². The Morgan fingerprint density at radius 1 is 1.20 bits per heavy atom. The van der Waals surface area contributed by atoms with Crippen LogP contribution in [0.25, 0.3) is 11.1 Å². The molecule has 25 heavy (non-hydrogen) atoms. The molecule has 0 fully saturated rings. The lowest BCUT2D eigenvalue weighted by Crippen LogP contribution is -3.10. The van der Waals surface area contributed by atoms with Crippen LogP contribution in [0.15, 0.2) is 18.2 Å². The van der Waals surface area contributed by atoms with Crippen LogP contribution < -0.4 is 43.1 Å². The standard InChI is InChI=1S/C19H19NO4.HI/c1-20-6-5-11-8-14-19(24-9-23-14)17-15(11)12(20)7-10-3-4-13(22-2)18(21)16(10)17;/h3-4,8,12,21H,5-7,9H2,1-2H3;1H/t12-;/m0./s1. The van der Waals surface area contributed by atoms with Crippen molar-refractivity contribution in [2.24, 2.45) is 0 Å². The molecule has 6 heteroatoms. The summed E-state index contributed by atoms with van der Waals surface area (Å²) in [5, 5.41) is 10.8. The van der Waals surface area contributed by atoms with Crippen LogP contribution in [0.1, 0.15) is 22.7 Å². The minimum atomic E-state index is 0. The molecule has 0 aromatic heterocycles. The summed E-state index contributed by atoms with van der Waals surface area (Å²) >= 11 is 0. The number of nitrogens with one attached hydrogen (secondary N) is 1. The second-order valence-electron chi connectivity index (χ2n) is 6.81. The van der Waals surface area contributed by atoms with Gasteiger partial charge in [-0.15, -0.1) is 0 Å². The number of phenols is 1. The average molecular weight is 453 g/mol. The minimum absolute atomic E-state index is 0. The minimum Gasteiger partial charge on any atom is -1.00 e. The summed E-state index contributed by atoms with van der Waals surface area (Å²) < 4.78 is 16.8. The Morgan fingerprint density at radius 2 is 2.04 bits per heavy atom. The third-order valence-corrected chi connectivity index (χ3v) is 5.64. The number of rotatable bonds is 1. The van der Waals surface area contributed by atoms with Crippen LogP contribution in [0.3, 0.4) is 0 Å². The van der Waals surface area contributed by atoms with E-state index in [1.807, 2.05) is 6.07 Å². The number of halogens is 1. The first kappa shape index (κ1) is 16.8. The Bertz CT molecular complexity index is 867. The van der Waals surface area contributed by atoms with Crippen LogP contribution in [-0.2, 0) is 12.8 Å². The Labute approximate surface area is 163 Å². The maximum Gasteiger partial charge on any atom is 0.231 e. The van der Waals surface area contributed by atoms with E-state index in [2.05, 4.69) is 19.2 Å². The van der Waals surface area contributed by atoms with Crippen molar-refractivity contribution in [3.05, 3.63) is 34.9 Å². The molecular weight excluding hydrogens is 433 g/mol. The topological polar surface area (TPSA) is 52.4 Å². The van der Waals surface area contributed by atoms with Gasteiger partial charge in [0.25, 0.3) is 0 Å². The second-order valence-corrected chi connectivity index (χ2v) is 6.81. The SMILES string of the molecule is COc1ccc2c(c1O)-c1c3c(cc4c1[C@H](C2)[NH+](C)CC4)OCO3.[I-]. The number of phenolic OH excluding ortho intramolecular Hbond substituents is 1. The molecule has 1 aliphatic carbocycles. The van der Waals surface area contributed by atoms with E-state index in [9.17, 15) is 5.11 Å². The molecule has 5 nitrogen and oxygen atoms in total. The van der Waals surface area contributed by atoms with E-state index in [-0.39, 0.29) is 36.5 Å². The Balaban J connectivity index is 0.00000157. The van der Waals surface area contributed by atoms with Gasteiger partial charge in [-0.1, -0.05) is 6.07 Å². The second kappa shape index (κ2) is 5.95. The molecule has 2 atom stereocenters. The molecule has 3 aliphatic rings. The van der Waals surface area contributed by atoms with Gasteiger partial charge < -0.3 is 48.2 Å². The molecule has 1 unspecified atom stereocenters. The molecule has 0 bridgehead atoms. The van der Waals surface area contributed by atoms with Crippen molar-refractivity contribution in [3.8, 4) is 34.1 Å². The molecule has 0 amide bonds. The van der Waals surface area contributed by atoms with Crippen molar-refractivity contribution in [1.29, 1.82) is 0 Å².